The molecule has 6 heteroatoms. The van der Waals surface area contributed by atoms with Crippen LogP contribution < -0.4 is 0 Å². The van der Waals surface area contributed by atoms with Crippen molar-refractivity contribution in [1.29, 1.82) is 0 Å². The van der Waals surface area contributed by atoms with E-state index in [9.17, 15) is 9.18 Å². The Morgan fingerprint density at radius 1 is 1.03 bits per heavy atom. The van der Waals surface area contributed by atoms with Gasteiger partial charge in [-0.1, -0.05) is 65.7 Å². The van der Waals surface area contributed by atoms with Gasteiger partial charge in [-0.2, -0.15) is 0 Å². The number of aliphatic imine (C=N–C) groups is 1. The summed E-state index contributed by atoms with van der Waals surface area (Å²) in [5.41, 5.74) is 3.11. The lowest BCUT2D eigenvalue weighted by atomic mass is 9.90. The molecule has 0 bridgehead atoms. The smallest absolute Gasteiger partial charge is 0.211 e. The van der Waals surface area contributed by atoms with Crippen molar-refractivity contribution in [1.82, 2.24) is 0 Å². The first kappa shape index (κ1) is 20.7. The molecule has 3 aromatic carbocycles. The highest BCUT2D eigenvalue weighted by Crippen LogP contribution is 2.26. The zero-order chi connectivity index (χ0) is 21.1. The molecule has 1 atom stereocenters. The fourth-order valence-electron chi connectivity index (χ4n) is 3.45. The van der Waals surface area contributed by atoms with E-state index in [1.54, 1.807) is 36.4 Å². The third-order valence-corrected chi connectivity index (χ3v) is 5.70. The number of ether oxygens (including phenoxy) is 1. The van der Waals surface area contributed by atoms with E-state index in [0.29, 0.717) is 33.3 Å². The molecule has 3 nitrogen and oxygen atoms in total. The van der Waals surface area contributed by atoms with E-state index in [1.165, 1.54) is 6.07 Å². The summed E-state index contributed by atoms with van der Waals surface area (Å²) in [5, 5.41) is 0.704. The van der Waals surface area contributed by atoms with Crippen molar-refractivity contribution in [2.24, 2.45) is 4.99 Å². The number of carbonyl (C=O) groups excluding carboxylic acids is 1. The molecule has 0 spiro atoms. The first-order valence-corrected chi connectivity index (χ1v) is 10.3. The third kappa shape index (κ3) is 4.46. The van der Waals surface area contributed by atoms with Crippen LogP contribution in [0.2, 0.25) is 10.0 Å². The van der Waals surface area contributed by atoms with E-state index in [0.717, 1.165) is 11.1 Å². The van der Waals surface area contributed by atoms with Crippen molar-refractivity contribution < 1.29 is 13.9 Å². The SMILES string of the molecule is O=C(C1=NC(COCc2ccccc2F)Cc2ccccc21)c1ccc(Cl)c(Cl)c1. The summed E-state index contributed by atoms with van der Waals surface area (Å²) in [7, 11) is 0. The van der Waals surface area contributed by atoms with Crippen LogP contribution in [0.3, 0.4) is 0 Å². The summed E-state index contributed by atoms with van der Waals surface area (Å²) < 4.78 is 19.5. The average Bonchev–Trinajstić information content (AvgIpc) is 2.76. The molecule has 1 aliphatic rings. The maximum Gasteiger partial charge on any atom is 0.211 e. The molecule has 0 aliphatic carbocycles. The minimum absolute atomic E-state index is 0.149. The molecule has 1 heterocycles. The summed E-state index contributed by atoms with van der Waals surface area (Å²) in [5.74, 6) is -0.523. The van der Waals surface area contributed by atoms with Crippen LogP contribution in [0.4, 0.5) is 4.39 Å². The van der Waals surface area contributed by atoms with E-state index in [2.05, 4.69) is 4.99 Å². The Hall–Kier alpha value is -2.53. The molecule has 4 rings (SSSR count). The third-order valence-electron chi connectivity index (χ3n) is 4.96. The fourth-order valence-corrected chi connectivity index (χ4v) is 3.75. The average molecular weight is 442 g/mol. The van der Waals surface area contributed by atoms with Crippen molar-refractivity contribution in [2.45, 2.75) is 19.1 Å². The number of ketones is 1. The van der Waals surface area contributed by atoms with Crippen LogP contribution in [-0.2, 0) is 17.8 Å². The van der Waals surface area contributed by atoms with Crippen LogP contribution in [0, 0.1) is 5.82 Å². The number of halogens is 3. The molecule has 0 saturated carbocycles. The summed E-state index contributed by atoms with van der Waals surface area (Å²) in [4.78, 5) is 17.9. The van der Waals surface area contributed by atoms with Crippen molar-refractivity contribution in [3.63, 3.8) is 0 Å². The second-order valence-corrected chi connectivity index (χ2v) is 7.87. The Morgan fingerprint density at radius 3 is 2.60 bits per heavy atom. The van der Waals surface area contributed by atoms with E-state index in [1.807, 2.05) is 24.3 Å². The topological polar surface area (TPSA) is 38.7 Å². The molecule has 0 fully saturated rings. The van der Waals surface area contributed by atoms with E-state index in [4.69, 9.17) is 27.9 Å². The molecule has 3 aromatic rings. The number of hydrogen-bond acceptors (Lipinski definition) is 3. The molecule has 30 heavy (non-hydrogen) atoms. The normalized spacial score (nSPS) is 15.4. The van der Waals surface area contributed by atoms with Gasteiger partial charge in [0, 0.05) is 16.7 Å². The first-order valence-electron chi connectivity index (χ1n) is 9.50. The van der Waals surface area contributed by atoms with Gasteiger partial charge in [-0.3, -0.25) is 9.79 Å². The number of rotatable bonds is 6. The minimum Gasteiger partial charge on any atom is -0.374 e. The van der Waals surface area contributed by atoms with Crippen LogP contribution in [0.15, 0.2) is 71.7 Å². The van der Waals surface area contributed by atoms with Crippen molar-refractivity contribution in [3.8, 4) is 0 Å². The van der Waals surface area contributed by atoms with Crippen LogP contribution in [0.25, 0.3) is 0 Å². The molecular weight excluding hydrogens is 424 g/mol. The lowest BCUT2D eigenvalue weighted by Gasteiger charge is -2.23. The number of fused-ring (bicyclic) bond motifs is 1. The van der Waals surface area contributed by atoms with E-state index < -0.39 is 0 Å². The highest BCUT2D eigenvalue weighted by Gasteiger charge is 2.26. The standard InChI is InChI=1S/C24H18Cl2FNO2/c25-20-10-9-16(12-21(20)26)24(29)23-19-7-3-1-5-15(19)11-18(28-23)14-30-13-17-6-2-4-8-22(17)27/h1-10,12,18H,11,13-14H2. The predicted molar refractivity (Wildman–Crippen MR) is 117 cm³/mol. The van der Waals surface area contributed by atoms with Gasteiger partial charge < -0.3 is 4.74 Å². The predicted octanol–water partition coefficient (Wildman–Crippen LogP) is 5.95. The summed E-state index contributed by atoms with van der Waals surface area (Å²) >= 11 is 12.1. The maximum atomic E-state index is 13.8. The van der Waals surface area contributed by atoms with E-state index in [-0.39, 0.29) is 30.9 Å². The lowest BCUT2D eigenvalue weighted by molar-refractivity contribution is 0.103. The van der Waals surface area contributed by atoms with Gasteiger partial charge in [0.1, 0.15) is 11.5 Å². The molecule has 1 aliphatic heterocycles. The van der Waals surface area contributed by atoms with Crippen LogP contribution in [0.5, 0.6) is 0 Å². The molecule has 152 valence electrons. The summed E-state index contributed by atoms with van der Waals surface area (Å²) in [6.07, 6.45) is 0.644. The van der Waals surface area contributed by atoms with Crippen LogP contribution in [0.1, 0.15) is 27.0 Å². The summed E-state index contributed by atoms with van der Waals surface area (Å²) in [6.45, 7) is 0.428. The minimum atomic E-state index is -0.300. The van der Waals surface area contributed by atoms with Gasteiger partial charge in [-0.05, 0) is 36.2 Å². The van der Waals surface area contributed by atoms with Crippen LogP contribution >= 0.6 is 23.2 Å². The van der Waals surface area contributed by atoms with Gasteiger partial charge in [0.2, 0.25) is 5.78 Å². The molecule has 0 N–H and O–H groups in total. The van der Waals surface area contributed by atoms with E-state index >= 15 is 0 Å². The molecule has 0 aromatic heterocycles. The number of carbonyl (C=O) groups is 1. The highest BCUT2D eigenvalue weighted by molar-refractivity contribution is 6.52. The number of nitrogens with zero attached hydrogens (tertiary/aromatic N) is 1. The molecule has 0 amide bonds. The number of benzene rings is 3. The van der Waals surface area contributed by atoms with Gasteiger partial charge in [-0.15, -0.1) is 0 Å². The maximum absolute atomic E-state index is 13.8. The van der Waals surface area contributed by atoms with Gasteiger partial charge in [0.25, 0.3) is 0 Å². The Bertz CT molecular complexity index is 1130. The monoisotopic (exact) mass is 441 g/mol. The Morgan fingerprint density at radius 2 is 1.80 bits per heavy atom. The van der Waals surface area contributed by atoms with Crippen molar-refractivity contribution in [2.75, 3.05) is 6.61 Å². The number of Topliss-reactive ketones (excluding diaryl/α,β-unsaturated/α-hetero) is 1. The Balaban J connectivity index is 1.56. The molecule has 0 radical (unpaired) electrons. The van der Waals surface area contributed by atoms with Crippen LogP contribution in [-0.4, -0.2) is 24.1 Å². The second kappa shape index (κ2) is 9.09. The molecule has 1 unspecified atom stereocenters. The highest BCUT2D eigenvalue weighted by atomic mass is 35.5. The molecular formula is C24H18Cl2FNO2. The van der Waals surface area contributed by atoms with Gasteiger partial charge in [0.05, 0.1) is 29.3 Å². The first-order chi connectivity index (χ1) is 14.5. The largest absolute Gasteiger partial charge is 0.374 e. The number of hydrogen-bond donors (Lipinski definition) is 0. The van der Waals surface area contributed by atoms with Crippen molar-refractivity contribution >= 4 is 34.7 Å². The fraction of sp³-hybridized carbons (Fsp3) is 0.167. The second-order valence-electron chi connectivity index (χ2n) is 7.06. The van der Waals surface area contributed by atoms with Gasteiger partial charge in [-0.25, -0.2) is 4.39 Å². The summed E-state index contributed by atoms with van der Waals surface area (Å²) in [6, 6.07) is 18.7. The van der Waals surface area contributed by atoms with Gasteiger partial charge in [0.15, 0.2) is 0 Å². The quantitative estimate of drug-likeness (QED) is 0.443. The lowest BCUT2D eigenvalue weighted by Crippen LogP contribution is -2.29. The zero-order valence-electron chi connectivity index (χ0n) is 15.9. The molecule has 0 saturated heterocycles. The zero-order valence-corrected chi connectivity index (χ0v) is 17.5. The van der Waals surface area contributed by atoms with Crippen molar-refractivity contribution in [3.05, 3.63) is 105 Å². The van der Waals surface area contributed by atoms with Gasteiger partial charge >= 0.3 is 0 Å². The Labute approximate surface area is 184 Å². The Kier molecular flexibility index (Phi) is 6.28.